The molecular weight excluding hydrogens is 743 g/mol. The summed E-state index contributed by atoms with van der Waals surface area (Å²) >= 11 is 2.45. The number of carbonyl (C=O) groups excluding carboxylic acids is 3. The van der Waals surface area contributed by atoms with Crippen molar-refractivity contribution in [3.8, 4) is 17.6 Å². The first-order valence-corrected chi connectivity index (χ1v) is 21.8. The molecule has 9 rings (SSSR count). The Balaban J connectivity index is 1.32. The topological polar surface area (TPSA) is 112 Å². The van der Waals surface area contributed by atoms with Crippen LogP contribution in [0.2, 0.25) is 0 Å². The number of nitriles is 1. The van der Waals surface area contributed by atoms with Gasteiger partial charge in [-0.15, -0.1) is 0 Å². The van der Waals surface area contributed by atoms with Crippen LogP contribution in [0.5, 0.6) is 11.5 Å². The molecule has 3 atom stereocenters. The number of rotatable bonds is 9. The van der Waals surface area contributed by atoms with Gasteiger partial charge in [0.2, 0.25) is 0 Å². The van der Waals surface area contributed by atoms with Gasteiger partial charge in [0.25, 0.3) is 0 Å². The molecule has 3 aromatic carbocycles. The molecular formula is C46H49NO7S2. The van der Waals surface area contributed by atoms with E-state index in [0.717, 1.165) is 90.3 Å². The quantitative estimate of drug-likeness (QED) is 0.0619. The summed E-state index contributed by atoms with van der Waals surface area (Å²) in [6, 6.07) is 17.0. The molecule has 10 heteroatoms. The van der Waals surface area contributed by atoms with Gasteiger partial charge in [-0.05, 0) is 99.3 Å². The molecule has 0 radical (unpaired) electrons. The van der Waals surface area contributed by atoms with E-state index < -0.39 is 5.97 Å². The first-order chi connectivity index (χ1) is 27.1. The Bertz CT molecular complexity index is 2150. The molecule has 56 heavy (non-hydrogen) atoms. The van der Waals surface area contributed by atoms with Gasteiger partial charge >= 0.3 is 17.9 Å². The van der Waals surface area contributed by atoms with Crippen molar-refractivity contribution in [1.82, 2.24) is 0 Å². The summed E-state index contributed by atoms with van der Waals surface area (Å²) in [5, 5.41) is 10.4. The maximum atomic E-state index is 14.3. The molecule has 2 fully saturated rings. The summed E-state index contributed by atoms with van der Waals surface area (Å²) < 4.78 is 24.7. The Morgan fingerprint density at radius 3 is 1.77 bits per heavy atom. The van der Waals surface area contributed by atoms with Crippen LogP contribution in [0.4, 0.5) is 0 Å². The third-order valence-electron chi connectivity index (χ3n) is 12.6. The molecule has 0 amide bonds. The molecule has 2 bridgehead atoms. The lowest BCUT2D eigenvalue weighted by Gasteiger charge is -2.44. The van der Waals surface area contributed by atoms with Crippen LogP contribution >= 0.6 is 23.5 Å². The molecule has 292 valence electrons. The zero-order valence-corrected chi connectivity index (χ0v) is 34.4. The predicted octanol–water partition coefficient (Wildman–Crippen LogP) is 10.3. The number of nitrogens with zero attached hydrogens (tertiary/aromatic N) is 1. The van der Waals surface area contributed by atoms with E-state index in [0.29, 0.717) is 43.8 Å². The second-order valence-electron chi connectivity index (χ2n) is 16.5. The van der Waals surface area contributed by atoms with Crippen molar-refractivity contribution >= 4 is 41.4 Å². The fraction of sp³-hybridized carbons (Fsp3) is 0.478. The number of fused-ring (bicyclic) bond motifs is 1. The summed E-state index contributed by atoms with van der Waals surface area (Å²) in [6.07, 6.45) is 7.25. The minimum Gasteiger partial charge on any atom is -0.461 e. The molecule has 0 aromatic heterocycles. The zero-order valence-electron chi connectivity index (χ0n) is 32.8. The van der Waals surface area contributed by atoms with Gasteiger partial charge in [0, 0.05) is 36.5 Å². The van der Waals surface area contributed by atoms with Gasteiger partial charge in [0.05, 0.1) is 38.6 Å². The predicted molar refractivity (Wildman–Crippen MR) is 216 cm³/mol. The third-order valence-corrected chi connectivity index (χ3v) is 15.2. The maximum Gasteiger partial charge on any atom is 0.350 e. The van der Waals surface area contributed by atoms with E-state index in [9.17, 15) is 19.6 Å². The van der Waals surface area contributed by atoms with Crippen LogP contribution in [-0.2, 0) is 23.9 Å². The molecule has 5 aliphatic carbocycles. The van der Waals surface area contributed by atoms with Gasteiger partial charge in [-0.25, -0.2) is 4.79 Å². The number of ether oxygens (including phenoxy) is 4. The lowest BCUT2D eigenvalue weighted by Crippen LogP contribution is -2.32. The number of hydrogen-bond acceptors (Lipinski definition) is 10. The fourth-order valence-corrected chi connectivity index (χ4v) is 11.8. The number of aryl methyl sites for hydroxylation is 1. The lowest BCUT2D eigenvalue weighted by molar-refractivity contribution is -0.141. The number of thioether (sulfide) groups is 2. The fourth-order valence-electron chi connectivity index (χ4n) is 9.21. The van der Waals surface area contributed by atoms with E-state index in [2.05, 4.69) is 57.2 Å². The van der Waals surface area contributed by atoms with Gasteiger partial charge in [0.1, 0.15) is 6.07 Å². The average molecular weight is 792 g/mol. The highest BCUT2D eigenvalue weighted by Gasteiger charge is 2.49. The molecule has 1 aliphatic heterocycles. The van der Waals surface area contributed by atoms with E-state index in [1.54, 1.807) is 7.11 Å². The monoisotopic (exact) mass is 791 g/mol. The maximum absolute atomic E-state index is 14.3. The van der Waals surface area contributed by atoms with E-state index in [1.807, 2.05) is 19.1 Å². The first-order valence-electron chi connectivity index (χ1n) is 20.1. The van der Waals surface area contributed by atoms with Crippen LogP contribution in [0.25, 0.3) is 0 Å². The number of hydrogen-bond donors (Lipinski definition) is 0. The smallest absolute Gasteiger partial charge is 0.350 e. The molecule has 8 nitrogen and oxygen atoms in total. The van der Waals surface area contributed by atoms with Crippen LogP contribution in [0.3, 0.4) is 0 Å². The number of esters is 3. The normalized spacial score (nSPS) is 25.8. The largest absolute Gasteiger partial charge is 0.461 e. The number of methoxy groups -OCH3 is 1. The first kappa shape index (κ1) is 38.8. The van der Waals surface area contributed by atoms with Gasteiger partial charge in [-0.2, -0.15) is 5.26 Å². The van der Waals surface area contributed by atoms with E-state index in [1.165, 1.54) is 23.5 Å². The highest BCUT2D eigenvalue weighted by atomic mass is 32.2. The number of benzene rings is 3. The van der Waals surface area contributed by atoms with Crippen molar-refractivity contribution in [3.05, 3.63) is 91.2 Å². The molecule has 1 heterocycles. The second kappa shape index (κ2) is 16.1. The Morgan fingerprint density at radius 1 is 0.768 bits per heavy atom. The lowest BCUT2D eigenvalue weighted by atomic mass is 9.60. The summed E-state index contributed by atoms with van der Waals surface area (Å²) in [5.74, 6) is -0.332. The summed E-state index contributed by atoms with van der Waals surface area (Å²) in [6.45, 7) is 8.52. The van der Waals surface area contributed by atoms with Crippen molar-refractivity contribution in [2.24, 2.45) is 23.7 Å². The summed E-state index contributed by atoms with van der Waals surface area (Å²) in [4.78, 5) is 43.3. The van der Waals surface area contributed by atoms with Crippen LogP contribution in [-0.4, -0.2) is 37.7 Å². The molecule has 0 saturated heterocycles. The Labute approximate surface area is 338 Å². The van der Waals surface area contributed by atoms with Crippen molar-refractivity contribution in [1.29, 1.82) is 5.26 Å². The van der Waals surface area contributed by atoms with Crippen LogP contribution in [0.15, 0.2) is 62.1 Å². The van der Waals surface area contributed by atoms with Crippen molar-refractivity contribution in [2.45, 2.75) is 113 Å². The third kappa shape index (κ3) is 7.09. The summed E-state index contributed by atoms with van der Waals surface area (Å²) in [7, 11) is 1.60. The average Bonchev–Trinajstić information content (AvgIpc) is 3.64. The molecule has 6 aliphatic rings. The minimum atomic E-state index is -0.733. The van der Waals surface area contributed by atoms with Gasteiger partial charge in [0.15, 0.2) is 17.1 Å². The molecule has 2 saturated carbocycles. The SMILES string of the molecule is COC(C)CCOC(=O)/C(C#N)=C1/Sc2c(OC(=O)C3CCC(C)CC3)c3c(c(OC(=O)C4CCC(C)CC4)c2S1)C1c2ccccc2C3c2ccc(C)cc21. The molecule has 3 aromatic rings. The zero-order chi connectivity index (χ0) is 39.2. The van der Waals surface area contributed by atoms with Crippen molar-refractivity contribution < 1.29 is 33.3 Å². The Morgan fingerprint density at radius 2 is 1.27 bits per heavy atom. The van der Waals surface area contributed by atoms with Crippen LogP contribution in [0, 0.1) is 41.9 Å². The van der Waals surface area contributed by atoms with E-state index >= 15 is 0 Å². The van der Waals surface area contributed by atoms with E-state index in [4.69, 9.17) is 18.9 Å². The minimum absolute atomic E-state index is 0.0912. The highest BCUT2D eigenvalue weighted by molar-refractivity contribution is 8.24. The Kier molecular flexibility index (Phi) is 11.1. The molecule has 3 unspecified atom stereocenters. The summed E-state index contributed by atoms with van der Waals surface area (Å²) in [5.41, 5.74) is 7.16. The van der Waals surface area contributed by atoms with Gasteiger partial charge in [-0.3, -0.25) is 9.59 Å². The number of carbonyl (C=O) groups is 3. The van der Waals surface area contributed by atoms with Crippen LogP contribution in [0.1, 0.15) is 129 Å². The Hall–Kier alpha value is -4.04. The highest BCUT2D eigenvalue weighted by Crippen LogP contribution is 2.68. The second-order valence-corrected chi connectivity index (χ2v) is 18.8. The molecule has 0 N–H and O–H groups in total. The van der Waals surface area contributed by atoms with Crippen LogP contribution < -0.4 is 9.47 Å². The van der Waals surface area contributed by atoms with Gasteiger partial charge in [-0.1, -0.05) is 85.4 Å². The molecule has 0 spiro atoms. The van der Waals surface area contributed by atoms with E-state index in [-0.39, 0.29) is 53.9 Å². The van der Waals surface area contributed by atoms with Crippen molar-refractivity contribution in [2.75, 3.05) is 13.7 Å². The van der Waals surface area contributed by atoms with Gasteiger partial charge < -0.3 is 18.9 Å². The standard InChI is InChI=1S/C46H49NO7S2/c1-24-10-15-28(16-11-24)43(48)53-39-37-35-30-8-6-7-9-31(30)36(33-22-26(3)14-19-32(33)35)38(37)40(54-44(49)29-17-12-25(2)13-18-29)42-41(39)55-46(56-42)34(23-47)45(50)52-21-20-27(4)51-5/h6-9,14,19,22,24-25,27-29,35-36H,10-13,15-18,20-21H2,1-5H3/b46-34-. The van der Waals surface area contributed by atoms with Crippen molar-refractivity contribution in [3.63, 3.8) is 0 Å².